The Balaban J connectivity index is 2.04. The molecule has 0 aliphatic carbocycles. The molecule has 0 unspecified atom stereocenters. The SMILES string of the molecule is CCCN1CCC(O)(c2cscc2Br)CC1. The van der Waals surface area contributed by atoms with E-state index in [-0.39, 0.29) is 0 Å². The van der Waals surface area contributed by atoms with Crippen molar-refractivity contribution in [2.24, 2.45) is 0 Å². The van der Waals surface area contributed by atoms with Crippen LogP contribution in [0.5, 0.6) is 0 Å². The molecular weight excluding hydrogens is 286 g/mol. The Hall–Kier alpha value is 0.100. The Morgan fingerprint density at radius 3 is 2.62 bits per heavy atom. The lowest BCUT2D eigenvalue weighted by atomic mass is 9.86. The van der Waals surface area contributed by atoms with E-state index in [4.69, 9.17) is 0 Å². The molecule has 0 aromatic carbocycles. The van der Waals surface area contributed by atoms with Crippen LogP contribution in [0.15, 0.2) is 15.2 Å². The molecule has 1 N–H and O–H groups in total. The molecule has 4 heteroatoms. The van der Waals surface area contributed by atoms with Gasteiger partial charge in [0.1, 0.15) is 0 Å². The van der Waals surface area contributed by atoms with Gasteiger partial charge in [-0.3, -0.25) is 0 Å². The Morgan fingerprint density at radius 2 is 2.12 bits per heavy atom. The number of rotatable bonds is 3. The minimum absolute atomic E-state index is 0.608. The van der Waals surface area contributed by atoms with Crippen molar-refractivity contribution < 1.29 is 5.11 Å². The molecule has 0 bridgehead atoms. The standard InChI is InChI=1S/C12H18BrNOS/c1-2-5-14-6-3-12(15,4-7-14)10-8-16-9-11(10)13/h8-9,15H,2-7H2,1H3. The number of thiophene rings is 1. The highest BCUT2D eigenvalue weighted by molar-refractivity contribution is 9.10. The van der Waals surface area contributed by atoms with E-state index in [0.717, 1.165) is 42.5 Å². The normalized spacial score (nSPS) is 21.2. The molecule has 16 heavy (non-hydrogen) atoms. The fraction of sp³-hybridized carbons (Fsp3) is 0.667. The zero-order valence-corrected chi connectivity index (χ0v) is 12.0. The average Bonchev–Trinajstić information content (AvgIpc) is 2.69. The molecule has 0 radical (unpaired) electrons. The number of nitrogens with zero attached hydrogens (tertiary/aromatic N) is 1. The molecule has 1 fully saturated rings. The quantitative estimate of drug-likeness (QED) is 0.927. The van der Waals surface area contributed by atoms with Gasteiger partial charge in [-0.25, -0.2) is 0 Å². The molecule has 1 aromatic rings. The predicted octanol–water partition coefficient (Wildman–Crippen LogP) is 3.20. The van der Waals surface area contributed by atoms with Gasteiger partial charge in [0, 0.05) is 28.5 Å². The minimum atomic E-state index is -0.608. The van der Waals surface area contributed by atoms with E-state index in [9.17, 15) is 5.11 Å². The molecule has 2 heterocycles. The molecule has 2 rings (SSSR count). The van der Waals surface area contributed by atoms with Crippen LogP contribution in [-0.4, -0.2) is 29.6 Å². The first-order valence-electron chi connectivity index (χ1n) is 5.82. The van der Waals surface area contributed by atoms with Gasteiger partial charge < -0.3 is 10.0 Å². The Bertz CT molecular complexity index is 345. The van der Waals surface area contributed by atoms with Gasteiger partial charge in [0.05, 0.1) is 5.60 Å². The topological polar surface area (TPSA) is 23.5 Å². The molecular formula is C12H18BrNOS. The summed E-state index contributed by atoms with van der Waals surface area (Å²) in [5.74, 6) is 0. The summed E-state index contributed by atoms with van der Waals surface area (Å²) in [6.45, 7) is 5.37. The van der Waals surface area contributed by atoms with Crippen LogP contribution in [0.25, 0.3) is 0 Å². The molecule has 1 aliphatic rings. The summed E-state index contributed by atoms with van der Waals surface area (Å²) in [6.07, 6.45) is 2.89. The second-order valence-corrected chi connectivity index (χ2v) is 6.10. The van der Waals surface area contributed by atoms with Crippen LogP contribution in [0.1, 0.15) is 31.7 Å². The number of likely N-dealkylation sites (tertiary alicyclic amines) is 1. The molecule has 90 valence electrons. The fourth-order valence-corrected chi connectivity index (χ4v) is 4.10. The van der Waals surface area contributed by atoms with Crippen molar-refractivity contribution in [3.8, 4) is 0 Å². The number of piperidine rings is 1. The molecule has 1 aromatic heterocycles. The van der Waals surface area contributed by atoms with Crippen LogP contribution in [0.2, 0.25) is 0 Å². The minimum Gasteiger partial charge on any atom is -0.385 e. The zero-order valence-electron chi connectivity index (χ0n) is 9.58. The van der Waals surface area contributed by atoms with Gasteiger partial charge in [-0.2, -0.15) is 11.3 Å². The molecule has 0 saturated carbocycles. The van der Waals surface area contributed by atoms with E-state index in [1.807, 2.05) is 5.38 Å². The predicted molar refractivity (Wildman–Crippen MR) is 71.9 cm³/mol. The van der Waals surface area contributed by atoms with Crippen molar-refractivity contribution in [3.05, 3.63) is 20.8 Å². The Morgan fingerprint density at radius 1 is 1.44 bits per heavy atom. The van der Waals surface area contributed by atoms with E-state index in [1.165, 1.54) is 6.42 Å². The summed E-state index contributed by atoms with van der Waals surface area (Å²) in [5, 5.41) is 14.8. The maximum absolute atomic E-state index is 10.6. The summed E-state index contributed by atoms with van der Waals surface area (Å²) in [5.41, 5.74) is 0.469. The third-order valence-corrected chi connectivity index (χ3v) is 5.04. The van der Waals surface area contributed by atoms with Crippen LogP contribution in [0, 0.1) is 0 Å². The van der Waals surface area contributed by atoms with E-state index in [1.54, 1.807) is 11.3 Å². The molecule has 2 nitrogen and oxygen atoms in total. The highest BCUT2D eigenvalue weighted by Gasteiger charge is 2.35. The highest BCUT2D eigenvalue weighted by atomic mass is 79.9. The number of hydrogen-bond donors (Lipinski definition) is 1. The van der Waals surface area contributed by atoms with Crippen molar-refractivity contribution in [2.75, 3.05) is 19.6 Å². The lowest BCUT2D eigenvalue weighted by Gasteiger charge is -2.38. The summed E-state index contributed by atoms with van der Waals surface area (Å²) < 4.78 is 1.06. The Kier molecular flexibility index (Phi) is 4.06. The van der Waals surface area contributed by atoms with Crippen LogP contribution in [-0.2, 0) is 5.60 Å². The molecule has 0 spiro atoms. The fourth-order valence-electron chi connectivity index (χ4n) is 2.35. The van der Waals surface area contributed by atoms with E-state index in [0.29, 0.717) is 0 Å². The lowest BCUT2D eigenvalue weighted by molar-refractivity contribution is -0.0259. The summed E-state index contributed by atoms with van der Waals surface area (Å²) in [6, 6.07) is 0. The van der Waals surface area contributed by atoms with Crippen LogP contribution >= 0.6 is 27.3 Å². The van der Waals surface area contributed by atoms with Gasteiger partial charge >= 0.3 is 0 Å². The first kappa shape index (κ1) is 12.6. The number of hydrogen-bond acceptors (Lipinski definition) is 3. The van der Waals surface area contributed by atoms with Gasteiger partial charge in [-0.05, 0) is 47.1 Å². The second-order valence-electron chi connectivity index (χ2n) is 4.51. The smallest absolute Gasteiger partial charge is 0.0939 e. The van der Waals surface area contributed by atoms with Gasteiger partial charge in [-0.1, -0.05) is 6.92 Å². The monoisotopic (exact) mass is 303 g/mol. The van der Waals surface area contributed by atoms with Gasteiger partial charge in [0.2, 0.25) is 0 Å². The van der Waals surface area contributed by atoms with Crippen molar-refractivity contribution in [2.45, 2.75) is 31.8 Å². The van der Waals surface area contributed by atoms with E-state index in [2.05, 4.69) is 33.1 Å². The van der Waals surface area contributed by atoms with Crippen LogP contribution in [0.4, 0.5) is 0 Å². The largest absolute Gasteiger partial charge is 0.385 e. The van der Waals surface area contributed by atoms with Crippen molar-refractivity contribution in [1.29, 1.82) is 0 Å². The van der Waals surface area contributed by atoms with Crippen LogP contribution in [0.3, 0.4) is 0 Å². The second kappa shape index (κ2) is 5.17. The van der Waals surface area contributed by atoms with Crippen molar-refractivity contribution >= 4 is 27.3 Å². The van der Waals surface area contributed by atoms with Gasteiger partial charge in [0.15, 0.2) is 0 Å². The molecule has 0 amide bonds. The van der Waals surface area contributed by atoms with Gasteiger partial charge in [0.25, 0.3) is 0 Å². The van der Waals surface area contributed by atoms with Crippen LogP contribution < -0.4 is 0 Å². The Labute approximate surface area is 109 Å². The third kappa shape index (κ3) is 2.50. The first-order valence-corrected chi connectivity index (χ1v) is 7.56. The summed E-state index contributed by atoms with van der Waals surface area (Å²) >= 11 is 5.17. The number of halogens is 1. The highest BCUT2D eigenvalue weighted by Crippen LogP contribution is 2.38. The molecule has 1 aliphatic heterocycles. The molecule has 0 atom stereocenters. The molecule has 1 saturated heterocycles. The zero-order chi connectivity index (χ0) is 11.6. The third-order valence-electron chi connectivity index (χ3n) is 3.34. The van der Waals surface area contributed by atoms with Crippen molar-refractivity contribution in [3.63, 3.8) is 0 Å². The average molecular weight is 304 g/mol. The summed E-state index contributed by atoms with van der Waals surface area (Å²) in [4.78, 5) is 2.44. The summed E-state index contributed by atoms with van der Waals surface area (Å²) in [7, 11) is 0. The van der Waals surface area contributed by atoms with E-state index < -0.39 is 5.60 Å². The van der Waals surface area contributed by atoms with Gasteiger partial charge in [-0.15, -0.1) is 0 Å². The van der Waals surface area contributed by atoms with E-state index >= 15 is 0 Å². The first-order chi connectivity index (χ1) is 7.65. The maximum atomic E-state index is 10.6. The lowest BCUT2D eigenvalue weighted by Crippen LogP contribution is -2.42. The van der Waals surface area contributed by atoms with Crippen molar-refractivity contribution in [1.82, 2.24) is 4.90 Å². The maximum Gasteiger partial charge on any atom is 0.0939 e. The number of aliphatic hydroxyl groups is 1.